The van der Waals surface area contributed by atoms with Crippen LogP contribution in [0, 0.1) is 5.92 Å². The molecule has 1 aromatic rings. The van der Waals surface area contributed by atoms with Gasteiger partial charge in [-0.2, -0.15) is 0 Å². The minimum atomic E-state index is -0.542. The molecule has 1 aliphatic rings. The molecule has 8 nitrogen and oxygen atoms in total. The Morgan fingerprint density at radius 2 is 1.72 bits per heavy atom. The lowest BCUT2D eigenvalue weighted by atomic mass is 10.1. The number of hydrogen-bond donors (Lipinski definition) is 2. The van der Waals surface area contributed by atoms with Gasteiger partial charge in [-0.3, -0.25) is 14.9 Å². The van der Waals surface area contributed by atoms with Gasteiger partial charge < -0.3 is 14.2 Å². The van der Waals surface area contributed by atoms with E-state index in [4.69, 9.17) is 19.0 Å². The van der Waals surface area contributed by atoms with Gasteiger partial charge in [-0.15, -0.1) is 0 Å². The molecule has 1 aliphatic carbocycles. The quantitative estimate of drug-likeness (QED) is 0.166. The summed E-state index contributed by atoms with van der Waals surface area (Å²) in [7, 11) is 0. The van der Waals surface area contributed by atoms with Gasteiger partial charge in [0.15, 0.2) is 6.29 Å². The van der Waals surface area contributed by atoms with Crippen LogP contribution in [0.5, 0.6) is 0 Å². The van der Waals surface area contributed by atoms with E-state index in [1.807, 2.05) is 58.9 Å². The van der Waals surface area contributed by atoms with Crippen LogP contribution in [-0.4, -0.2) is 49.1 Å². The highest BCUT2D eigenvalue weighted by Gasteiger charge is 2.27. The average molecular weight is 505 g/mol. The fraction of sp³-hybridized carbons (Fsp3) is 0.643. The molecule has 2 N–H and O–H groups in total. The molecule has 1 fully saturated rings. The Morgan fingerprint density at radius 3 is 2.33 bits per heavy atom. The SMILES string of the molecule is CC(C)COC(C)ONC(=O)C=Cc1ccc(CN[C@H](COC(C)(C)C)C(=O)OC2CCCC2)cc1. The van der Waals surface area contributed by atoms with Gasteiger partial charge in [0.05, 0.1) is 18.8 Å². The lowest BCUT2D eigenvalue weighted by molar-refractivity contribution is -0.180. The fourth-order valence-electron chi connectivity index (χ4n) is 3.49. The highest BCUT2D eigenvalue weighted by atomic mass is 16.8. The largest absolute Gasteiger partial charge is 0.461 e. The Balaban J connectivity index is 1.83. The number of rotatable bonds is 14. The molecule has 0 radical (unpaired) electrons. The normalized spacial score (nSPS) is 16.4. The van der Waals surface area contributed by atoms with Crippen LogP contribution in [0.25, 0.3) is 6.08 Å². The van der Waals surface area contributed by atoms with Crippen molar-refractivity contribution in [2.45, 2.75) is 97.8 Å². The summed E-state index contributed by atoms with van der Waals surface area (Å²) in [6.07, 6.45) is 6.68. The van der Waals surface area contributed by atoms with Gasteiger partial charge in [0.1, 0.15) is 12.1 Å². The van der Waals surface area contributed by atoms with E-state index in [0.717, 1.165) is 36.8 Å². The van der Waals surface area contributed by atoms with Crippen LogP contribution in [-0.2, 0) is 35.2 Å². The molecule has 8 heteroatoms. The highest BCUT2D eigenvalue weighted by Crippen LogP contribution is 2.21. The van der Waals surface area contributed by atoms with Gasteiger partial charge in [0, 0.05) is 12.6 Å². The molecule has 2 atom stereocenters. The van der Waals surface area contributed by atoms with Crippen LogP contribution in [0.4, 0.5) is 0 Å². The van der Waals surface area contributed by atoms with Crippen LogP contribution < -0.4 is 10.8 Å². The number of carbonyl (C=O) groups is 2. The zero-order valence-electron chi connectivity index (χ0n) is 22.7. The molecule has 0 aromatic heterocycles. The molecule has 1 unspecified atom stereocenters. The number of hydrogen-bond acceptors (Lipinski definition) is 7. The molecule has 2 rings (SSSR count). The molecule has 1 amide bonds. The number of carbonyl (C=O) groups excluding carboxylic acids is 2. The zero-order valence-corrected chi connectivity index (χ0v) is 22.7. The average Bonchev–Trinajstić information content (AvgIpc) is 3.33. The van der Waals surface area contributed by atoms with E-state index in [1.54, 1.807) is 13.0 Å². The van der Waals surface area contributed by atoms with Crippen LogP contribution >= 0.6 is 0 Å². The third-order valence-electron chi connectivity index (χ3n) is 5.50. The predicted molar refractivity (Wildman–Crippen MR) is 140 cm³/mol. The number of ether oxygens (including phenoxy) is 3. The molecule has 0 spiro atoms. The van der Waals surface area contributed by atoms with Gasteiger partial charge in [-0.05, 0) is 76.5 Å². The van der Waals surface area contributed by atoms with Crippen molar-refractivity contribution in [3.63, 3.8) is 0 Å². The Labute approximate surface area is 216 Å². The first-order valence-corrected chi connectivity index (χ1v) is 12.9. The monoisotopic (exact) mass is 504 g/mol. The summed E-state index contributed by atoms with van der Waals surface area (Å²) in [5, 5.41) is 3.29. The molecule has 202 valence electrons. The summed E-state index contributed by atoms with van der Waals surface area (Å²) in [6, 6.07) is 7.18. The van der Waals surface area contributed by atoms with Crippen LogP contribution in [0.15, 0.2) is 30.3 Å². The predicted octanol–water partition coefficient (Wildman–Crippen LogP) is 4.53. The van der Waals surface area contributed by atoms with E-state index < -0.39 is 12.3 Å². The fourth-order valence-corrected chi connectivity index (χ4v) is 3.49. The maximum Gasteiger partial charge on any atom is 0.325 e. The first-order chi connectivity index (χ1) is 17.0. The second kappa shape index (κ2) is 15.1. The Hall–Kier alpha value is -2.26. The van der Waals surface area contributed by atoms with E-state index in [-0.39, 0.29) is 30.2 Å². The Kier molecular flexibility index (Phi) is 12.6. The number of nitrogens with one attached hydrogen (secondary N) is 2. The summed E-state index contributed by atoms with van der Waals surface area (Å²) in [6.45, 7) is 13.0. The lowest BCUT2D eigenvalue weighted by Crippen LogP contribution is -2.44. The highest BCUT2D eigenvalue weighted by molar-refractivity contribution is 5.90. The van der Waals surface area contributed by atoms with Gasteiger partial charge in [-0.1, -0.05) is 38.1 Å². The third kappa shape index (κ3) is 12.6. The second-order valence-electron chi connectivity index (χ2n) is 10.7. The first-order valence-electron chi connectivity index (χ1n) is 12.9. The summed E-state index contributed by atoms with van der Waals surface area (Å²) < 4.78 is 17.0. The van der Waals surface area contributed by atoms with E-state index >= 15 is 0 Å². The molecule has 0 saturated heterocycles. The van der Waals surface area contributed by atoms with Crippen molar-refractivity contribution in [2.24, 2.45) is 5.92 Å². The standard InChI is InChI=1S/C28H44N2O6/c1-20(2)18-33-21(3)36-30-26(31)16-15-22-11-13-23(14-12-22)17-29-25(19-34-28(4,5)6)27(32)35-24-9-7-8-10-24/h11-16,20-21,24-25,29H,7-10,17-19H2,1-6H3,(H,30,31)/t21?,25-/m1/s1. The minimum absolute atomic E-state index is 0.0147. The molecule has 1 aromatic carbocycles. The Morgan fingerprint density at radius 1 is 1.06 bits per heavy atom. The molecule has 0 heterocycles. The van der Waals surface area contributed by atoms with Gasteiger partial charge in [0.2, 0.25) is 0 Å². The van der Waals surface area contributed by atoms with Gasteiger partial charge in [0.25, 0.3) is 5.91 Å². The molecule has 0 bridgehead atoms. The molecule has 36 heavy (non-hydrogen) atoms. The lowest BCUT2D eigenvalue weighted by Gasteiger charge is -2.25. The molecule has 1 saturated carbocycles. The summed E-state index contributed by atoms with van der Waals surface area (Å²) in [4.78, 5) is 29.9. The summed E-state index contributed by atoms with van der Waals surface area (Å²) in [5.74, 6) is -0.246. The van der Waals surface area contributed by atoms with E-state index in [9.17, 15) is 9.59 Å². The summed E-state index contributed by atoms with van der Waals surface area (Å²) in [5.41, 5.74) is 3.89. The number of amides is 1. The molecular formula is C28H44N2O6. The van der Waals surface area contributed by atoms with Gasteiger partial charge >= 0.3 is 5.97 Å². The third-order valence-corrected chi connectivity index (χ3v) is 5.50. The second-order valence-corrected chi connectivity index (χ2v) is 10.7. The van der Waals surface area contributed by atoms with E-state index in [2.05, 4.69) is 10.8 Å². The van der Waals surface area contributed by atoms with Crippen molar-refractivity contribution in [1.29, 1.82) is 0 Å². The van der Waals surface area contributed by atoms with Crippen LogP contribution in [0.3, 0.4) is 0 Å². The van der Waals surface area contributed by atoms with Crippen molar-refractivity contribution in [1.82, 2.24) is 10.8 Å². The minimum Gasteiger partial charge on any atom is -0.461 e. The van der Waals surface area contributed by atoms with Crippen molar-refractivity contribution in [3.05, 3.63) is 41.5 Å². The Bertz CT molecular complexity index is 825. The zero-order chi connectivity index (χ0) is 26.6. The van der Waals surface area contributed by atoms with E-state index in [0.29, 0.717) is 19.1 Å². The van der Waals surface area contributed by atoms with Crippen molar-refractivity contribution >= 4 is 18.0 Å². The first kappa shape index (κ1) is 30.0. The van der Waals surface area contributed by atoms with Crippen molar-refractivity contribution in [3.8, 4) is 0 Å². The van der Waals surface area contributed by atoms with Crippen LogP contribution in [0.1, 0.15) is 78.4 Å². The number of esters is 1. The number of benzene rings is 1. The topological polar surface area (TPSA) is 95.1 Å². The smallest absolute Gasteiger partial charge is 0.325 e. The maximum absolute atomic E-state index is 12.8. The molecule has 0 aliphatic heterocycles. The maximum atomic E-state index is 12.8. The van der Waals surface area contributed by atoms with Crippen molar-refractivity contribution < 1.29 is 28.6 Å². The van der Waals surface area contributed by atoms with Crippen LogP contribution in [0.2, 0.25) is 0 Å². The number of hydroxylamine groups is 1. The van der Waals surface area contributed by atoms with Gasteiger partial charge in [-0.25, -0.2) is 10.3 Å². The van der Waals surface area contributed by atoms with Crippen molar-refractivity contribution in [2.75, 3.05) is 13.2 Å². The summed E-state index contributed by atoms with van der Waals surface area (Å²) >= 11 is 0. The van der Waals surface area contributed by atoms with E-state index in [1.165, 1.54) is 6.08 Å². The molecular weight excluding hydrogens is 460 g/mol.